The fourth-order valence-corrected chi connectivity index (χ4v) is 8.63. The van der Waals surface area contributed by atoms with Crippen molar-refractivity contribution in [2.24, 2.45) is 11.8 Å². The zero-order valence-electron chi connectivity index (χ0n) is 26.5. The van der Waals surface area contributed by atoms with Crippen LogP contribution in [0.3, 0.4) is 0 Å². The van der Waals surface area contributed by atoms with Crippen molar-refractivity contribution in [1.29, 1.82) is 0 Å². The van der Waals surface area contributed by atoms with Crippen molar-refractivity contribution in [1.82, 2.24) is 5.32 Å². The Morgan fingerprint density at radius 1 is 0.750 bits per heavy atom. The van der Waals surface area contributed by atoms with Gasteiger partial charge in [0.15, 0.2) is 0 Å². The lowest BCUT2D eigenvalue weighted by atomic mass is 9.56. The van der Waals surface area contributed by atoms with Gasteiger partial charge in [-0.2, -0.15) is 0 Å². The van der Waals surface area contributed by atoms with Gasteiger partial charge in [0, 0.05) is 18.0 Å². The van der Waals surface area contributed by atoms with Gasteiger partial charge in [-0.15, -0.1) is 0 Å². The first-order valence-corrected chi connectivity index (χ1v) is 16.8. The molecule has 1 N–H and O–H groups in total. The Bertz CT molecular complexity index is 1750. The molecule has 1 saturated carbocycles. The molecule has 1 aliphatic heterocycles. The smallest absolute Gasteiger partial charge is 0.0696 e. The predicted octanol–water partition coefficient (Wildman–Crippen LogP) is 11.2. The molecule has 0 bridgehead atoms. The van der Waals surface area contributed by atoms with Crippen LogP contribution in [0.5, 0.6) is 0 Å². The SMILES string of the molecule is C/C=C\C1=C(C)C(c2ccc(CC)cc2)C2CCCCC2C1c1ccc(C2=CNC(c3ccccc3)C=C2)c2ccccc12. The topological polar surface area (TPSA) is 12.0 Å². The first-order valence-electron chi connectivity index (χ1n) is 16.8. The highest BCUT2D eigenvalue weighted by molar-refractivity contribution is 5.98. The second-order valence-corrected chi connectivity index (χ2v) is 13.1. The normalized spacial score (nSPS) is 25.2. The molecule has 1 fully saturated rings. The van der Waals surface area contributed by atoms with Crippen LogP contribution in [-0.4, -0.2) is 0 Å². The van der Waals surface area contributed by atoms with E-state index in [2.05, 4.69) is 148 Å². The maximum Gasteiger partial charge on any atom is 0.0696 e. The van der Waals surface area contributed by atoms with Crippen LogP contribution in [0.4, 0.5) is 0 Å². The molecule has 4 aromatic carbocycles. The van der Waals surface area contributed by atoms with E-state index in [9.17, 15) is 0 Å². The zero-order valence-corrected chi connectivity index (χ0v) is 26.5. The molecule has 1 heteroatoms. The summed E-state index contributed by atoms with van der Waals surface area (Å²) in [6.45, 7) is 6.88. The Hall–Kier alpha value is -4.10. The highest BCUT2D eigenvalue weighted by Gasteiger charge is 2.44. The maximum atomic E-state index is 3.66. The number of nitrogens with one attached hydrogen (secondary N) is 1. The van der Waals surface area contributed by atoms with E-state index in [1.165, 1.54) is 69.8 Å². The van der Waals surface area contributed by atoms with E-state index in [1.807, 2.05) is 0 Å². The number of aryl methyl sites for hydroxylation is 1. The van der Waals surface area contributed by atoms with Gasteiger partial charge in [-0.3, -0.25) is 0 Å². The summed E-state index contributed by atoms with van der Waals surface area (Å²) in [4.78, 5) is 0. The van der Waals surface area contributed by atoms with Crippen molar-refractivity contribution in [2.45, 2.75) is 70.8 Å². The molecule has 3 aliphatic rings. The number of fused-ring (bicyclic) bond motifs is 2. The third kappa shape index (κ3) is 5.17. The second kappa shape index (κ2) is 12.5. The van der Waals surface area contributed by atoms with Crippen molar-refractivity contribution in [3.63, 3.8) is 0 Å². The Kier molecular flexibility index (Phi) is 8.13. The summed E-state index contributed by atoms with van der Waals surface area (Å²) in [5.74, 6) is 2.24. The molecule has 222 valence electrons. The highest BCUT2D eigenvalue weighted by Crippen LogP contribution is 2.57. The molecule has 0 aromatic heterocycles. The third-order valence-electron chi connectivity index (χ3n) is 10.7. The number of allylic oxidation sites excluding steroid dienone is 6. The molecule has 0 saturated heterocycles. The monoisotopic (exact) mass is 575 g/mol. The molecule has 1 heterocycles. The van der Waals surface area contributed by atoms with Crippen LogP contribution in [0, 0.1) is 11.8 Å². The third-order valence-corrected chi connectivity index (χ3v) is 10.7. The van der Waals surface area contributed by atoms with E-state index in [0.717, 1.165) is 6.42 Å². The minimum Gasteiger partial charge on any atom is -0.380 e. The summed E-state index contributed by atoms with van der Waals surface area (Å²) in [5, 5.41) is 6.41. The summed E-state index contributed by atoms with van der Waals surface area (Å²) < 4.78 is 0. The molecule has 0 amide bonds. The summed E-state index contributed by atoms with van der Waals surface area (Å²) in [7, 11) is 0. The first-order chi connectivity index (χ1) is 21.7. The largest absolute Gasteiger partial charge is 0.380 e. The van der Waals surface area contributed by atoms with Gasteiger partial charge in [0.1, 0.15) is 0 Å². The maximum absolute atomic E-state index is 3.66. The standard InChI is InChI=1S/C43H45N/c1-4-13-34-29(3)42(32-22-20-30(5-2)21-23-32)38-18-11-12-19-39(38)43(34)40-26-25-35(36-16-9-10-17-37(36)40)33-24-27-41(44-28-33)31-14-7-6-8-15-31/h4,6-10,13-17,20-28,38-39,41-44H,5,11-12,18-19H2,1-3H3/b13-4-. The fourth-order valence-electron chi connectivity index (χ4n) is 8.63. The Morgan fingerprint density at radius 3 is 2.14 bits per heavy atom. The lowest BCUT2D eigenvalue weighted by Crippen LogP contribution is -2.36. The molecule has 7 rings (SSSR count). The molecule has 44 heavy (non-hydrogen) atoms. The van der Waals surface area contributed by atoms with Crippen LogP contribution in [0.2, 0.25) is 0 Å². The average molecular weight is 576 g/mol. The quantitative estimate of drug-likeness (QED) is 0.241. The van der Waals surface area contributed by atoms with Gasteiger partial charge >= 0.3 is 0 Å². The van der Waals surface area contributed by atoms with E-state index in [-0.39, 0.29) is 6.04 Å². The minimum atomic E-state index is 0.207. The Morgan fingerprint density at radius 2 is 1.45 bits per heavy atom. The van der Waals surface area contributed by atoms with Crippen LogP contribution in [0.25, 0.3) is 16.3 Å². The molecule has 2 aliphatic carbocycles. The van der Waals surface area contributed by atoms with Crippen LogP contribution in [-0.2, 0) is 6.42 Å². The van der Waals surface area contributed by atoms with E-state index < -0.39 is 0 Å². The second-order valence-electron chi connectivity index (χ2n) is 13.1. The van der Waals surface area contributed by atoms with Gasteiger partial charge in [-0.25, -0.2) is 0 Å². The van der Waals surface area contributed by atoms with Crippen LogP contribution in [0.15, 0.2) is 133 Å². The number of hydrogen-bond donors (Lipinski definition) is 1. The molecular weight excluding hydrogens is 530 g/mol. The van der Waals surface area contributed by atoms with Gasteiger partial charge in [0.2, 0.25) is 0 Å². The van der Waals surface area contributed by atoms with Gasteiger partial charge in [-0.05, 0) is 94.7 Å². The van der Waals surface area contributed by atoms with Crippen molar-refractivity contribution in [2.75, 3.05) is 0 Å². The summed E-state index contributed by atoms with van der Waals surface area (Å²) in [6.07, 6.45) is 17.9. The lowest BCUT2D eigenvalue weighted by Gasteiger charge is -2.48. The van der Waals surface area contributed by atoms with E-state index in [1.54, 1.807) is 11.1 Å². The summed E-state index contributed by atoms with van der Waals surface area (Å²) in [5.41, 5.74) is 11.4. The van der Waals surface area contributed by atoms with Gasteiger partial charge < -0.3 is 5.32 Å². The van der Waals surface area contributed by atoms with Gasteiger partial charge in [0.25, 0.3) is 0 Å². The highest BCUT2D eigenvalue weighted by atomic mass is 14.9. The lowest BCUT2D eigenvalue weighted by molar-refractivity contribution is 0.179. The average Bonchev–Trinajstić information content (AvgIpc) is 3.09. The number of rotatable bonds is 6. The van der Waals surface area contributed by atoms with Gasteiger partial charge in [-0.1, -0.05) is 141 Å². The number of dihydropyridines is 1. The summed E-state index contributed by atoms with van der Waals surface area (Å²) in [6, 6.07) is 34.5. The van der Waals surface area contributed by atoms with Crippen molar-refractivity contribution >= 4 is 16.3 Å². The predicted molar refractivity (Wildman–Crippen MR) is 188 cm³/mol. The molecule has 4 aromatic rings. The van der Waals surface area contributed by atoms with Crippen molar-refractivity contribution in [3.05, 3.63) is 160 Å². The van der Waals surface area contributed by atoms with E-state index in [0.29, 0.717) is 23.7 Å². The molecule has 0 spiro atoms. The molecular formula is C43H45N. The fraction of sp³-hybridized carbons (Fsp3) is 0.302. The Balaban J connectivity index is 1.32. The first kappa shape index (κ1) is 28.7. The molecule has 5 unspecified atom stereocenters. The molecule has 1 nitrogen and oxygen atoms in total. The van der Waals surface area contributed by atoms with Crippen LogP contribution < -0.4 is 5.32 Å². The number of benzene rings is 4. The van der Waals surface area contributed by atoms with Crippen LogP contribution >= 0.6 is 0 Å². The van der Waals surface area contributed by atoms with Crippen LogP contribution in [0.1, 0.15) is 92.1 Å². The van der Waals surface area contributed by atoms with Gasteiger partial charge in [0.05, 0.1) is 6.04 Å². The summed E-state index contributed by atoms with van der Waals surface area (Å²) >= 11 is 0. The Labute approximate surface area is 264 Å². The zero-order chi connectivity index (χ0) is 30.0. The van der Waals surface area contributed by atoms with E-state index in [4.69, 9.17) is 0 Å². The number of hydrogen-bond acceptors (Lipinski definition) is 1. The van der Waals surface area contributed by atoms with Crippen molar-refractivity contribution in [3.8, 4) is 0 Å². The minimum absolute atomic E-state index is 0.207. The van der Waals surface area contributed by atoms with Crippen molar-refractivity contribution < 1.29 is 0 Å². The molecule has 0 radical (unpaired) electrons. The van der Waals surface area contributed by atoms with E-state index >= 15 is 0 Å². The molecule has 5 atom stereocenters.